The van der Waals surface area contributed by atoms with Crippen LogP contribution in [0.2, 0.25) is 0 Å². The molecule has 0 radical (unpaired) electrons. The normalized spacial score (nSPS) is 13.1. The van der Waals surface area contributed by atoms with Crippen LogP contribution in [0, 0.1) is 0 Å². The first-order chi connectivity index (χ1) is 9.97. The van der Waals surface area contributed by atoms with Gasteiger partial charge in [0.1, 0.15) is 0 Å². The Kier molecular flexibility index (Phi) is 4.98. The molecule has 21 heavy (non-hydrogen) atoms. The van der Waals surface area contributed by atoms with Crippen LogP contribution in [0.15, 0.2) is 54.6 Å². The Morgan fingerprint density at radius 1 is 1.00 bits per heavy atom. The SMILES string of the molecule is O[C@H](CNCc1ccccc1)c1cccc(C(F)(F)F)c1. The van der Waals surface area contributed by atoms with E-state index in [9.17, 15) is 18.3 Å². The number of aliphatic hydroxyl groups is 1. The van der Waals surface area contributed by atoms with Gasteiger partial charge in [-0.05, 0) is 23.3 Å². The van der Waals surface area contributed by atoms with Crippen LogP contribution in [-0.2, 0) is 12.7 Å². The molecule has 2 N–H and O–H groups in total. The first kappa shape index (κ1) is 15.5. The number of aliphatic hydroxyl groups excluding tert-OH is 1. The van der Waals surface area contributed by atoms with Gasteiger partial charge in [-0.2, -0.15) is 13.2 Å². The molecule has 0 unspecified atom stereocenters. The molecule has 2 aromatic carbocycles. The van der Waals surface area contributed by atoms with Crippen molar-refractivity contribution in [2.75, 3.05) is 6.54 Å². The summed E-state index contributed by atoms with van der Waals surface area (Å²) in [6.07, 6.45) is -5.37. The van der Waals surface area contributed by atoms with Gasteiger partial charge >= 0.3 is 6.18 Å². The van der Waals surface area contributed by atoms with E-state index in [0.717, 1.165) is 17.7 Å². The largest absolute Gasteiger partial charge is 0.416 e. The van der Waals surface area contributed by atoms with Gasteiger partial charge in [-0.15, -0.1) is 0 Å². The molecule has 112 valence electrons. The second-order valence-electron chi connectivity index (χ2n) is 4.76. The fourth-order valence-electron chi connectivity index (χ4n) is 1.99. The number of hydrogen-bond acceptors (Lipinski definition) is 2. The van der Waals surface area contributed by atoms with Crippen molar-refractivity contribution in [3.8, 4) is 0 Å². The van der Waals surface area contributed by atoms with Gasteiger partial charge in [0.15, 0.2) is 0 Å². The molecule has 0 aliphatic carbocycles. The highest BCUT2D eigenvalue weighted by Crippen LogP contribution is 2.30. The number of halogens is 3. The Morgan fingerprint density at radius 2 is 1.71 bits per heavy atom. The van der Waals surface area contributed by atoms with Crippen LogP contribution in [0.1, 0.15) is 22.8 Å². The summed E-state index contributed by atoms with van der Waals surface area (Å²) >= 11 is 0. The zero-order chi connectivity index (χ0) is 15.3. The average molecular weight is 295 g/mol. The Labute approximate surface area is 121 Å². The minimum Gasteiger partial charge on any atom is -0.387 e. The summed E-state index contributed by atoms with van der Waals surface area (Å²) in [6, 6.07) is 14.3. The Morgan fingerprint density at radius 3 is 2.38 bits per heavy atom. The topological polar surface area (TPSA) is 32.3 Å². The van der Waals surface area contributed by atoms with Crippen molar-refractivity contribution in [1.82, 2.24) is 5.32 Å². The van der Waals surface area contributed by atoms with Gasteiger partial charge < -0.3 is 10.4 Å². The molecule has 2 aromatic rings. The zero-order valence-electron chi connectivity index (χ0n) is 11.3. The van der Waals surface area contributed by atoms with E-state index in [1.807, 2.05) is 30.3 Å². The lowest BCUT2D eigenvalue weighted by atomic mass is 10.1. The van der Waals surface area contributed by atoms with Crippen LogP contribution in [0.4, 0.5) is 13.2 Å². The van der Waals surface area contributed by atoms with E-state index in [0.29, 0.717) is 6.54 Å². The average Bonchev–Trinajstić information content (AvgIpc) is 2.47. The molecular formula is C16H16F3NO. The molecule has 5 heteroatoms. The monoisotopic (exact) mass is 295 g/mol. The fourth-order valence-corrected chi connectivity index (χ4v) is 1.99. The molecule has 0 fully saturated rings. The molecule has 0 aliphatic heterocycles. The quantitative estimate of drug-likeness (QED) is 0.884. The molecule has 0 heterocycles. The number of alkyl halides is 3. The molecule has 0 saturated heterocycles. The summed E-state index contributed by atoms with van der Waals surface area (Å²) in [5.41, 5.74) is 0.557. The third-order valence-electron chi connectivity index (χ3n) is 3.11. The van der Waals surface area contributed by atoms with Gasteiger partial charge in [0, 0.05) is 13.1 Å². The first-order valence-corrected chi connectivity index (χ1v) is 6.56. The van der Waals surface area contributed by atoms with Gasteiger partial charge in [-0.1, -0.05) is 42.5 Å². The Balaban J connectivity index is 1.93. The molecule has 2 rings (SSSR count). The molecule has 0 saturated carbocycles. The zero-order valence-corrected chi connectivity index (χ0v) is 11.3. The van der Waals surface area contributed by atoms with Crippen molar-refractivity contribution >= 4 is 0 Å². The van der Waals surface area contributed by atoms with Gasteiger partial charge in [0.05, 0.1) is 11.7 Å². The Hall–Kier alpha value is -1.85. The third kappa shape index (κ3) is 4.58. The van der Waals surface area contributed by atoms with E-state index in [2.05, 4.69) is 5.32 Å². The maximum absolute atomic E-state index is 12.6. The lowest BCUT2D eigenvalue weighted by Crippen LogP contribution is -2.21. The molecule has 2 nitrogen and oxygen atoms in total. The predicted octanol–water partition coefficient (Wildman–Crippen LogP) is 3.53. The predicted molar refractivity (Wildman–Crippen MR) is 74.6 cm³/mol. The van der Waals surface area contributed by atoms with Crippen LogP contribution >= 0.6 is 0 Å². The molecule has 0 spiro atoms. The second-order valence-corrected chi connectivity index (χ2v) is 4.76. The fraction of sp³-hybridized carbons (Fsp3) is 0.250. The van der Waals surface area contributed by atoms with E-state index in [1.54, 1.807) is 0 Å². The van der Waals surface area contributed by atoms with E-state index in [1.165, 1.54) is 12.1 Å². The van der Waals surface area contributed by atoms with Crippen molar-refractivity contribution in [2.45, 2.75) is 18.8 Å². The number of benzene rings is 2. The highest BCUT2D eigenvalue weighted by atomic mass is 19.4. The summed E-state index contributed by atoms with van der Waals surface area (Å²) in [5.74, 6) is 0. The molecule has 0 aromatic heterocycles. The van der Waals surface area contributed by atoms with E-state index in [4.69, 9.17) is 0 Å². The molecule has 0 aliphatic rings. The van der Waals surface area contributed by atoms with Gasteiger partial charge in [-0.25, -0.2) is 0 Å². The Bertz CT molecular complexity index is 569. The summed E-state index contributed by atoms with van der Waals surface area (Å²) in [7, 11) is 0. The maximum atomic E-state index is 12.6. The van der Waals surface area contributed by atoms with Crippen LogP contribution in [0.25, 0.3) is 0 Å². The van der Waals surface area contributed by atoms with Crippen molar-refractivity contribution in [3.63, 3.8) is 0 Å². The van der Waals surface area contributed by atoms with Gasteiger partial charge in [-0.3, -0.25) is 0 Å². The van der Waals surface area contributed by atoms with Crippen LogP contribution in [-0.4, -0.2) is 11.7 Å². The highest BCUT2D eigenvalue weighted by Gasteiger charge is 2.30. The van der Waals surface area contributed by atoms with Gasteiger partial charge in [0.2, 0.25) is 0 Å². The number of nitrogens with one attached hydrogen (secondary N) is 1. The summed E-state index contributed by atoms with van der Waals surface area (Å²) in [6.45, 7) is 0.743. The van der Waals surface area contributed by atoms with Crippen LogP contribution in [0.5, 0.6) is 0 Å². The van der Waals surface area contributed by atoms with Crippen molar-refractivity contribution in [3.05, 3.63) is 71.3 Å². The molecule has 0 bridgehead atoms. The van der Waals surface area contributed by atoms with E-state index >= 15 is 0 Å². The van der Waals surface area contributed by atoms with Crippen LogP contribution in [0.3, 0.4) is 0 Å². The van der Waals surface area contributed by atoms with Crippen LogP contribution < -0.4 is 5.32 Å². The van der Waals surface area contributed by atoms with Crippen molar-refractivity contribution in [2.24, 2.45) is 0 Å². The standard InChI is InChI=1S/C16H16F3NO/c17-16(18,19)14-8-4-7-13(9-14)15(21)11-20-10-12-5-2-1-3-6-12/h1-9,15,20-21H,10-11H2/t15-/m1/s1. The van der Waals surface area contributed by atoms with Gasteiger partial charge in [0.25, 0.3) is 0 Å². The first-order valence-electron chi connectivity index (χ1n) is 6.56. The third-order valence-corrected chi connectivity index (χ3v) is 3.11. The number of hydrogen-bond donors (Lipinski definition) is 2. The number of rotatable bonds is 5. The smallest absolute Gasteiger partial charge is 0.387 e. The summed E-state index contributed by atoms with van der Waals surface area (Å²) in [4.78, 5) is 0. The molecule has 1 atom stereocenters. The molecule has 0 amide bonds. The van der Waals surface area contributed by atoms with Crippen molar-refractivity contribution in [1.29, 1.82) is 0 Å². The van der Waals surface area contributed by atoms with E-state index in [-0.39, 0.29) is 12.1 Å². The highest BCUT2D eigenvalue weighted by molar-refractivity contribution is 5.27. The van der Waals surface area contributed by atoms with Crippen molar-refractivity contribution < 1.29 is 18.3 Å². The lowest BCUT2D eigenvalue weighted by Gasteiger charge is -2.14. The molecular weight excluding hydrogens is 279 g/mol. The minimum atomic E-state index is -4.40. The summed E-state index contributed by atoms with van der Waals surface area (Å²) in [5, 5.41) is 13.0. The van der Waals surface area contributed by atoms with E-state index < -0.39 is 17.8 Å². The summed E-state index contributed by atoms with van der Waals surface area (Å²) < 4.78 is 37.8. The minimum absolute atomic E-state index is 0.191. The second kappa shape index (κ2) is 6.74. The maximum Gasteiger partial charge on any atom is 0.416 e. The lowest BCUT2D eigenvalue weighted by molar-refractivity contribution is -0.137.